The molecule has 1 aliphatic rings. The summed E-state index contributed by atoms with van der Waals surface area (Å²) in [4.78, 5) is 18.4. The fraction of sp³-hybridized carbons (Fsp3) is 0.370. The highest BCUT2D eigenvalue weighted by molar-refractivity contribution is 7.99. The molecule has 2 N–H and O–H groups in total. The van der Waals surface area contributed by atoms with Gasteiger partial charge in [-0.3, -0.25) is 4.79 Å². The number of carbonyl (C=O) groups is 1. The molecule has 1 amide bonds. The Bertz CT molecular complexity index is 1220. The third-order valence-electron chi connectivity index (χ3n) is 5.77. The minimum absolute atomic E-state index is 0.0851. The maximum Gasteiger partial charge on any atom is 0.255 e. The third kappa shape index (κ3) is 5.70. The Morgan fingerprint density at radius 3 is 2.60 bits per heavy atom. The highest BCUT2D eigenvalue weighted by Gasteiger charge is 2.34. The second-order valence-electron chi connectivity index (χ2n) is 8.94. The van der Waals surface area contributed by atoms with Crippen molar-refractivity contribution in [2.24, 2.45) is 0 Å². The highest BCUT2D eigenvalue weighted by atomic mass is 32.2. The fourth-order valence-electron chi connectivity index (χ4n) is 4.01. The predicted molar refractivity (Wildman–Crippen MR) is 142 cm³/mol. The van der Waals surface area contributed by atoms with Gasteiger partial charge in [0.1, 0.15) is 11.8 Å². The van der Waals surface area contributed by atoms with Crippen molar-refractivity contribution in [3.05, 3.63) is 70.9 Å². The summed E-state index contributed by atoms with van der Waals surface area (Å²) < 4.78 is 7.66. The van der Waals surface area contributed by atoms with Crippen LogP contribution < -0.4 is 15.4 Å². The number of nitrogens with zero attached hydrogens (tertiary/aromatic N) is 3. The van der Waals surface area contributed by atoms with Crippen LogP contribution in [0.25, 0.3) is 0 Å². The van der Waals surface area contributed by atoms with Crippen LogP contribution in [0.15, 0.2) is 65.0 Å². The molecule has 7 nitrogen and oxygen atoms in total. The molecule has 0 spiro atoms. The van der Waals surface area contributed by atoms with Gasteiger partial charge in [0, 0.05) is 17.1 Å². The first-order valence-electron chi connectivity index (χ1n) is 12.1. The molecular formula is C27H33N5O2S. The second-order valence-corrected chi connectivity index (χ2v) is 10.00. The Morgan fingerprint density at radius 1 is 1.17 bits per heavy atom. The Labute approximate surface area is 211 Å². The SMILES string of the molecule is CCCCSc1nc2n(n1)C(c1ccc(OC(C)C)cc1)C(C(=O)Nc1ccccc1C)=C(C)N2. The Balaban J connectivity index is 1.72. The van der Waals surface area contributed by atoms with Crippen LogP contribution in [0.4, 0.5) is 11.6 Å². The number of hydrogen-bond acceptors (Lipinski definition) is 6. The van der Waals surface area contributed by atoms with E-state index in [2.05, 4.69) is 17.6 Å². The van der Waals surface area contributed by atoms with Crippen LogP contribution >= 0.6 is 11.8 Å². The maximum absolute atomic E-state index is 13.7. The minimum Gasteiger partial charge on any atom is -0.491 e. The van der Waals surface area contributed by atoms with E-state index in [-0.39, 0.29) is 12.0 Å². The quantitative estimate of drug-likeness (QED) is 0.274. The lowest BCUT2D eigenvalue weighted by Gasteiger charge is -2.29. The van der Waals surface area contributed by atoms with Crippen LogP contribution in [0.1, 0.15) is 57.7 Å². The highest BCUT2D eigenvalue weighted by Crippen LogP contribution is 2.37. The molecule has 4 rings (SSSR count). The van der Waals surface area contributed by atoms with Gasteiger partial charge in [-0.15, -0.1) is 5.10 Å². The summed E-state index contributed by atoms with van der Waals surface area (Å²) in [5.41, 5.74) is 4.10. The monoisotopic (exact) mass is 491 g/mol. The summed E-state index contributed by atoms with van der Waals surface area (Å²) in [6, 6.07) is 15.2. The molecule has 2 heterocycles. The summed E-state index contributed by atoms with van der Waals surface area (Å²) in [7, 11) is 0. The zero-order chi connectivity index (χ0) is 24.9. The third-order valence-corrected chi connectivity index (χ3v) is 6.69. The van der Waals surface area contributed by atoms with Gasteiger partial charge >= 0.3 is 0 Å². The van der Waals surface area contributed by atoms with Crippen molar-refractivity contribution in [2.45, 2.75) is 64.8 Å². The predicted octanol–water partition coefficient (Wildman–Crippen LogP) is 6.19. The zero-order valence-corrected chi connectivity index (χ0v) is 21.8. The number of anilines is 2. The van der Waals surface area contributed by atoms with E-state index in [4.69, 9.17) is 14.8 Å². The van der Waals surface area contributed by atoms with Crippen molar-refractivity contribution in [3.8, 4) is 5.75 Å². The van der Waals surface area contributed by atoms with Crippen molar-refractivity contribution in [3.63, 3.8) is 0 Å². The second kappa shape index (κ2) is 11.0. The van der Waals surface area contributed by atoms with E-state index in [9.17, 15) is 4.79 Å². The molecule has 1 unspecified atom stereocenters. The Morgan fingerprint density at radius 2 is 1.91 bits per heavy atom. The number of fused-ring (bicyclic) bond motifs is 1. The number of ether oxygens (including phenoxy) is 1. The van der Waals surface area contributed by atoms with E-state index in [1.54, 1.807) is 11.8 Å². The van der Waals surface area contributed by atoms with Crippen LogP contribution in [0.5, 0.6) is 5.75 Å². The molecular weight excluding hydrogens is 458 g/mol. The van der Waals surface area contributed by atoms with Crippen molar-refractivity contribution in [2.75, 3.05) is 16.4 Å². The van der Waals surface area contributed by atoms with Gasteiger partial charge in [-0.25, -0.2) is 4.68 Å². The molecule has 0 bridgehead atoms. The van der Waals surface area contributed by atoms with Gasteiger partial charge < -0.3 is 15.4 Å². The van der Waals surface area contributed by atoms with E-state index in [1.807, 2.05) is 80.9 Å². The van der Waals surface area contributed by atoms with Gasteiger partial charge in [0.25, 0.3) is 5.91 Å². The first-order chi connectivity index (χ1) is 16.9. The molecule has 8 heteroatoms. The normalized spacial score (nSPS) is 15.1. The van der Waals surface area contributed by atoms with Gasteiger partial charge in [-0.1, -0.05) is 55.4 Å². The summed E-state index contributed by atoms with van der Waals surface area (Å²) in [5.74, 6) is 2.22. The van der Waals surface area contributed by atoms with Crippen LogP contribution in [0, 0.1) is 6.92 Å². The van der Waals surface area contributed by atoms with E-state index < -0.39 is 6.04 Å². The lowest BCUT2D eigenvalue weighted by atomic mass is 9.95. The largest absolute Gasteiger partial charge is 0.491 e. The number of unbranched alkanes of at least 4 members (excludes halogenated alkanes) is 1. The number of nitrogens with one attached hydrogen (secondary N) is 2. The summed E-state index contributed by atoms with van der Waals surface area (Å²) in [5, 5.41) is 11.9. The standard InChI is InChI=1S/C27H33N5O2S/c1-6-7-16-35-27-30-26-28-19(5)23(25(33)29-22-11-9-8-10-18(22)4)24(32(26)31-27)20-12-14-21(15-13-20)34-17(2)3/h8-15,17,24H,6-7,16H2,1-5H3,(H,29,33)(H,28,30,31). The number of aryl methyl sites for hydroxylation is 1. The van der Waals surface area contributed by atoms with Crippen LogP contribution in [0.3, 0.4) is 0 Å². The number of aromatic nitrogens is 3. The van der Waals surface area contributed by atoms with Gasteiger partial charge in [0.15, 0.2) is 0 Å². The number of carbonyl (C=O) groups excluding carboxylic acids is 1. The van der Waals surface area contributed by atoms with Crippen molar-refractivity contribution >= 4 is 29.3 Å². The molecule has 0 aliphatic carbocycles. The topological polar surface area (TPSA) is 81.1 Å². The molecule has 35 heavy (non-hydrogen) atoms. The molecule has 0 saturated carbocycles. The van der Waals surface area contributed by atoms with Crippen molar-refractivity contribution in [1.82, 2.24) is 14.8 Å². The number of amides is 1. The maximum atomic E-state index is 13.7. The molecule has 0 saturated heterocycles. The number of thioether (sulfide) groups is 1. The van der Waals surface area contributed by atoms with E-state index in [0.717, 1.165) is 46.9 Å². The summed E-state index contributed by atoms with van der Waals surface area (Å²) in [6.45, 7) is 10.1. The van der Waals surface area contributed by atoms with Crippen LogP contribution in [-0.4, -0.2) is 32.5 Å². The first-order valence-corrected chi connectivity index (χ1v) is 13.1. The molecule has 1 atom stereocenters. The zero-order valence-electron chi connectivity index (χ0n) is 21.0. The minimum atomic E-state index is -0.420. The number of allylic oxidation sites excluding steroid dienone is 1. The average molecular weight is 492 g/mol. The summed E-state index contributed by atoms with van der Waals surface area (Å²) in [6.07, 6.45) is 2.31. The van der Waals surface area contributed by atoms with E-state index >= 15 is 0 Å². The average Bonchev–Trinajstić information content (AvgIpc) is 3.22. The van der Waals surface area contributed by atoms with E-state index in [1.165, 1.54) is 0 Å². The van der Waals surface area contributed by atoms with Gasteiger partial charge in [0.2, 0.25) is 11.1 Å². The first kappa shape index (κ1) is 24.9. The number of benzene rings is 2. The molecule has 3 aromatic rings. The van der Waals surface area contributed by atoms with Gasteiger partial charge in [-0.2, -0.15) is 4.98 Å². The fourth-order valence-corrected chi connectivity index (χ4v) is 4.92. The number of rotatable bonds is 9. The van der Waals surface area contributed by atoms with E-state index in [0.29, 0.717) is 16.7 Å². The smallest absolute Gasteiger partial charge is 0.255 e. The van der Waals surface area contributed by atoms with Gasteiger partial charge in [-0.05, 0) is 63.4 Å². The number of para-hydroxylation sites is 1. The molecule has 184 valence electrons. The Hall–Kier alpha value is -3.26. The molecule has 2 aromatic carbocycles. The van der Waals surface area contributed by atoms with Crippen LogP contribution in [-0.2, 0) is 4.79 Å². The molecule has 1 aliphatic heterocycles. The van der Waals surface area contributed by atoms with Crippen LogP contribution in [0.2, 0.25) is 0 Å². The van der Waals surface area contributed by atoms with Crippen molar-refractivity contribution in [1.29, 1.82) is 0 Å². The summed E-state index contributed by atoms with van der Waals surface area (Å²) >= 11 is 1.64. The molecule has 1 aromatic heterocycles. The van der Waals surface area contributed by atoms with Gasteiger partial charge in [0.05, 0.1) is 11.7 Å². The number of hydrogen-bond donors (Lipinski definition) is 2. The lowest BCUT2D eigenvalue weighted by Crippen LogP contribution is -2.31. The molecule has 0 radical (unpaired) electrons. The molecule has 0 fully saturated rings. The Kier molecular flexibility index (Phi) is 7.80. The van der Waals surface area contributed by atoms with Crippen molar-refractivity contribution < 1.29 is 9.53 Å². The lowest BCUT2D eigenvalue weighted by molar-refractivity contribution is -0.113.